The summed E-state index contributed by atoms with van der Waals surface area (Å²) in [6.45, 7) is 1.01. The van der Waals surface area contributed by atoms with Gasteiger partial charge in [-0.1, -0.05) is 41.3 Å². The van der Waals surface area contributed by atoms with Crippen molar-refractivity contribution in [3.05, 3.63) is 30.3 Å². The van der Waals surface area contributed by atoms with Gasteiger partial charge in [-0.15, -0.1) is 10.2 Å². The number of carbonyl (C=O) groups excluding carboxylic acids is 2. The molecule has 0 spiro atoms. The molecule has 0 aliphatic carbocycles. The summed E-state index contributed by atoms with van der Waals surface area (Å²) in [5, 5.41) is 11.2. The summed E-state index contributed by atoms with van der Waals surface area (Å²) in [6, 6.07) is 9.38. The molecule has 1 fully saturated rings. The Labute approximate surface area is 153 Å². The van der Waals surface area contributed by atoms with Crippen LogP contribution in [0.2, 0.25) is 0 Å². The van der Waals surface area contributed by atoms with Gasteiger partial charge in [0.1, 0.15) is 0 Å². The van der Waals surface area contributed by atoms with Crippen molar-refractivity contribution < 1.29 is 14.3 Å². The van der Waals surface area contributed by atoms with E-state index in [4.69, 9.17) is 4.74 Å². The molecule has 7 nitrogen and oxygen atoms in total. The van der Waals surface area contributed by atoms with E-state index in [1.807, 2.05) is 30.3 Å². The van der Waals surface area contributed by atoms with Crippen LogP contribution in [0.5, 0.6) is 0 Å². The maximum Gasteiger partial charge on any atom is 0.231 e. The van der Waals surface area contributed by atoms with Crippen molar-refractivity contribution in [1.82, 2.24) is 10.2 Å². The van der Waals surface area contributed by atoms with Crippen LogP contribution < -0.4 is 10.2 Å². The van der Waals surface area contributed by atoms with Gasteiger partial charge in [-0.05, 0) is 12.1 Å². The van der Waals surface area contributed by atoms with Crippen molar-refractivity contribution in [3.8, 4) is 0 Å². The minimum absolute atomic E-state index is 0.0422. The second-order valence-corrected chi connectivity index (χ2v) is 7.76. The number of rotatable bonds is 7. The topological polar surface area (TPSA) is 84.4 Å². The highest BCUT2D eigenvalue weighted by Gasteiger charge is 2.35. The molecule has 2 aromatic rings. The van der Waals surface area contributed by atoms with Crippen molar-refractivity contribution in [2.45, 2.75) is 10.8 Å². The minimum Gasteiger partial charge on any atom is -0.384 e. The highest BCUT2D eigenvalue weighted by atomic mass is 32.2. The van der Waals surface area contributed by atoms with Gasteiger partial charge in [0.05, 0.1) is 12.5 Å². The van der Waals surface area contributed by atoms with Crippen LogP contribution in [0.1, 0.15) is 6.42 Å². The van der Waals surface area contributed by atoms with E-state index in [1.165, 1.54) is 23.1 Å². The zero-order valence-electron chi connectivity index (χ0n) is 13.7. The van der Waals surface area contributed by atoms with Crippen LogP contribution in [0.3, 0.4) is 0 Å². The highest BCUT2D eigenvalue weighted by Crippen LogP contribution is 2.28. The number of thioether (sulfide) groups is 1. The van der Waals surface area contributed by atoms with Crippen LogP contribution in [-0.2, 0) is 14.3 Å². The molecule has 132 valence electrons. The maximum atomic E-state index is 12.4. The van der Waals surface area contributed by atoms with E-state index in [0.29, 0.717) is 18.3 Å². The van der Waals surface area contributed by atoms with Gasteiger partial charge in [0.15, 0.2) is 4.34 Å². The molecule has 1 aliphatic rings. The molecule has 0 saturated carbocycles. The zero-order chi connectivity index (χ0) is 17.6. The van der Waals surface area contributed by atoms with E-state index in [9.17, 15) is 9.59 Å². The first kappa shape index (κ1) is 17.8. The Hall–Kier alpha value is -1.97. The van der Waals surface area contributed by atoms with E-state index < -0.39 is 0 Å². The standard InChI is InChI=1S/C16H18N4O3S2/c1-23-7-8-24-16-19-18-15(25-16)17-14(22)11-9-13(21)20(10-11)12-5-3-2-4-6-12/h2-6,11H,7-10H2,1H3,(H,17,18,22)/t11-/m1/s1. The molecule has 2 heterocycles. The Kier molecular flexibility index (Phi) is 6.00. The Morgan fingerprint density at radius 1 is 1.40 bits per heavy atom. The number of benzene rings is 1. The molecular formula is C16H18N4O3S2. The summed E-state index contributed by atoms with van der Waals surface area (Å²) in [5.41, 5.74) is 0.815. The van der Waals surface area contributed by atoms with E-state index in [2.05, 4.69) is 15.5 Å². The number of hydrogen-bond donors (Lipinski definition) is 1. The number of hydrogen-bond acceptors (Lipinski definition) is 7. The molecule has 1 atom stereocenters. The van der Waals surface area contributed by atoms with Crippen molar-refractivity contribution >= 4 is 45.7 Å². The first-order valence-electron chi connectivity index (χ1n) is 7.79. The van der Waals surface area contributed by atoms with Gasteiger partial charge in [-0.25, -0.2) is 0 Å². The molecule has 0 bridgehead atoms. The van der Waals surface area contributed by atoms with Crippen LogP contribution in [0.25, 0.3) is 0 Å². The lowest BCUT2D eigenvalue weighted by molar-refractivity contribution is -0.122. The quantitative estimate of drug-likeness (QED) is 0.452. The van der Waals surface area contributed by atoms with Crippen LogP contribution >= 0.6 is 23.1 Å². The molecule has 1 aromatic carbocycles. The normalized spacial score (nSPS) is 17.1. The summed E-state index contributed by atoms with van der Waals surface area (Å²) in [6.07, 6.45) is 0.203. The lowest BCUT2D eigenvalue weighted by Gasteiger charge is -2.16. The van der Waals surface area contributed by atoms with E-state index in [1.54, 1.807) is 12.0 Å². The van der Waals surface area contributed by atoms with E-state index in [-0.39, 0.29) is 24.2 Å². The Bertz CT molecular complexity index is 738. The van der Waals surface area contributed by atoms with Crippen LogP contribution in [0.4, 0.5) is 10.8 Å². The largest absolute Gasteiger partial charge is 0.384 e. The van der Waals surface area contributed by atoms with Crippen LogP contribution in [0, 0.1) is 5.92 Å². The Morgan fingerprint density at radius 3 is 2.96 bits per heavy atom. The predicted molar refractivity (Wildman–Crippen MR) is 98.0 cm³/mol. The zero-order valence-corrected chi connectivity index (χ0v) is 15.3. The third-order valence-electron chi connectivity index (χ3n) is 3.71. The van der Waals surface area contributed by atoms with Gasteiger partial charge >= 0.3 is 0 Å². The summed E-state index contributed by atoms with van der Waals surface area (Å²) in [5.74, 6) is 0.152. The average molecular weight is 378 g/mol. The molecule has 9 heteroatoms. The fraction of sp³-hybridized carbons (Fsp3) is 0.375. The summed E-state index contributed by atoms with van der Waals surface area (Å²) in [4.78, 5) is 26.3. The van der Waals surface area contributed by atoms with Gasteiger partial charge < -0.3 is 15.0 Å². The molecule has 1 saturated heterocycles. The van der Waals surface area contributed by atoms with E-state index in [0.717, 1.165) is 15.8 Å². The number of anilines is 2. The summed E-state index contributed by atoms with van der Waals surface area (Å²) >= 11 is 2.85. The van der Waals surface area contributed by atoms with Gasteiger partial charge in [-0.2, -0.15) is 0 Å². The predicted octanol–water partition coefficient (Wildman–Crippen LogP) is 2.27. The molecular weight excluding hydrogens is 360 g/mol. The SMILES string of the molecule is COCCSc1nnc(NC(=O)[C@@H]2CC(=O)N(c3ccccc3)C2)s1. The van der Waals surface area contributed by atoms with Gasteiger partial charge in [0, 0.05) is 31.5 Å². The molecule has 1 N–H and O–H groups in total. The first-order valence-corrected chi connectivity index (χ1v) is 9.59. The molecule has 25 heavy (non-hydrogen) atoms. The molecule has 0 unspecified atom stereocenters. The number of ether oxygens (including phenoxy) is 1. The Balaban J connectivity index is 1.56. The summed E-state index contributed by atoms with van der Waals surface area (Å²) in [7, 11) is 1.65. The molecule has 1 aliphatic heterocycles. The van der Waals surface area contributed by atoms with Crippen molar-refractivity contribution in [3.63, 3.8) is 0 Å². The second-order valence-electron chi connectivity index (χ2n) is 5.44. The van der Waals surface area contributed by atoms with Crippen molar-refractivity contribution in [2.24, 2.45) is 5.92 Å². The number of methoxy groups -OCH3 is 1. The molecule has 2 amide bonds. The fourth-order valence-corrected chi connectivity index (χ4v) is 4.21. The monoisotopic (exact) mass is 378 g/mol. The van der Waals surface area contributed by atoms with Crippen molar-refractivity contribution in [1.29, 1.82) is 0 Å². The number of amides is 2. The molecule has 1 aromatic heterocycles. The lowest BCUT2D eigenvalue weighted by Crippen LogP contribution is -2.28. The average Bonchev–Trinajstić information content (AvgIpc) is 3.22. The van der Waals surface area contributed by atoms with Gasteiger partial charge in [0.25, 0.3) is 0 Å². The lowest BCUT2D eigenvalue weighted by atomic mass is 10.1. The Morgan fingerprint density at radius 2 is 2.20 bits per heavy atom. The maximum absolute atomic E-state index is 12.4. The van der Waals surface area contributed by atoms with Crippen LogP contribution in [-0.4, -0.2) is 48.0 Å². The van der Waals surface area contributed by atoms with Crippen LogP contribution in [0.15, 0.2) is 34.7 Å². The first-order chi connectivity index (χ1) is 12.2. The highest BCUT2D eigenvalue weighted by molar-refractivity contribution is 8.01. The van der Waals surface area contributed by atoms with Crippen molar-refractivity contribution in [2.75, 3.05) is 36.2 Å². The van der Waals surface area contributed by atoms with Gasteiger partial charge in [-0.3, -0.25) is 9.59 Å². The fourth-order valence-electron chi connectivity index (χ4n) is 2.48. The van der Waals surface area contributed by atoms with Gasteiger partial charge in [0.2, 0.25) is 16.9 Å². The number of carbonyl (C=O) groups is 2. The smallest absolute Gasteiger partial charge is 0.231 e. The second kappa shape index (κ2) is 8.41. The molecule has 3 rings (SSSR count). The van der Waals surface area contributed by atoms with E-state index >= 15 is 0 Å². The number of nitrogens with one attached hydrogen (secondary N) is 1. The minimum atomic E-state index is -0.388. The number of aromatic nitrogens is 2. The molecule has 0 radical (unpaired) electrons. The summed E-state index contributed by atoms with van der Waals surface area (Å²) < 4.78 is 5.77. The third kappa shape index (κ3) is 4.56. The third-order valence-corrected chi connectivity index (χ3v) is 5.65. The number of para-hydroxylation sites is 1. The number of nitrogens with zero attached hydrogens (tertiary/aromatic N) is 3.